The van der Waals surface area contributed by atoms with E-state index < -0.39 is 5.97 Å². The van der Waals surface area contributed by atoms with Crippen molar-refractivity contribution in [2.75, 3.05) is 26.4 Å². The van der Waals surface area contributed by atoms with Crippen molar-refractivity contribution in [3.05, 3.63) is 29.6 Å². The van der Waals surface area contributed by atoms with Gasteiger partial charge in [0.05, 0.1) is 0 Å². The molecule has 16 heavy (non-hydrogen) atoms. The summed E-state index contributed by atoms with van der Waals surface area (Å²) in [6.45, 7) is 0.993. The van der Waals surface area contributed by atoms with Gasteiger partial charge in [-0.2, -0.15) is 11.8 Å². The highest BCUT2D eigenvalue weighted by Crippen LogP contribution is 2.14. The average molecular weight is 240 g/mol. The number of nitrogens with zero attached hydrogens (tertiary/aromatic N) is 2. The first-order valence-electron chi connectivity index (χ1n) is 5.01. The van der Waals surface area contributed by atoms with E-state index in [0.717, 1.165) is 17.9 Å². The highest BCUT2D eigenvalue weighted by atomic mass is 32.2. The first kappa shape index (κ1) is 13.0. The van der Waals surface area contributed by atoms with Crippen LogP contribution in [0.1, 0.15) is 16.1 Å². The van der Waals surface area contributed by atoms with Crippen molar-refractivity contribution in [1.82, 2.24) is 9.88 Å². The van der Waals surface area contributed by atoms with Gasteiger partial charge in [-0.25, -0.2) is 9.78 Å². The van der Waals surface area contributed by atoms with E-state index in [4.69, 9.17) is 5.11 Å². The van der Waals surface area contributed by atoms with Gasteiger partial charge < -0.3 is 10.0 Å². The maximum atomic E-state index is 10.9. The lowest BCUT2D eigenvalue weighted by Crippen LogP contribution is -2.15. The van der Waals surface area contributed by atoms with Crippen molar-refractivity contribution in [2.45, 2.75) is 5.75 Å². The van der Waals surface area contributed by atoms with Gasteiger partial charge >= 0.3 is 5.97 Å². The molecular formula is C11H16N2O2S. The van der Waals surface area contributed by atoms with Crippen molar-refractivity contribution < 1.29 is 9.90 Å². The first-order chi connectivity index (χ1) is 7.61. The van der Waals surface area contributed by atoms with Crippen LogP contribution in [0.25, 0.3) is 0 Å². The van der Waals surface area contributed by atoms with E-state index in [1.807, 2.05) is 20.2 Å². The summed E-state index contributed by atoms with van der Waals surface area (Å²) in [6, 6.07) is 3.59. The molecule has 0 aliphatic rings. The lowest BCUT2D eigenvalue weighted by Gasteiger charge is -2.09. The number of thioether (sulfide) groups is 1. The van der Waals surface area contributed by atoms with Gasteiger partial charge in [-0.05, 0) is 25.7 Å². The lowest BCUT2D eigenvalue weighted by atomic mass is 10.2. The normalized spacial score (nSPS) is 10.7. The van der Waals surface area contributed by atoms with Crippen molar-refractivity contribution in [3.63, 3.8) is 0 Å². The van der Waals surface area contributed by atoms with E-state index in [9.17, 15) is 4.79 Å². The van der Waals surface area contributed by atoms with Crippen LogP contribution in [0.5, 0.6) is 0 Å². The SMILES string of the molecule is CN(C)CCSCc1cccnc1C(=O)O. The molecule has 0 spiro atoms. The van der Waals surface area contributed by atoms with Gasteiger partial charge in [0, 0.05) is 24.2 Å². The second-order valence-corrected chi connectivity index (χ2v) is 4.78. The second kappa shape index (κ2) is 6.50. The summed E-state index contributed by atoms with van der Waals surface area (Å²) < 4.78 is 0. The molecule has 0 saturated carbocycles. The van der Waals surface area contributed by atoms with Crippen LogP contribution in [0.2, 0.25) is 0 Å². The topological polar surface area (TPSA) is 53.4 Å². The van der Waals surface area contributed by atoms with Crippen molar-refractivity contribution >= 4 is 17.7 Å². The van der Waals surface area contributed by atoms with Crippen molar-refractivity contribution in [3.8, 4) is 0 Å². The summed E-state index contributed by atoms with van der Waals surface area (Å²) in [5.41, 5.74) is 0.957. The van der Waals surface area contributed by atoms with E-state index in [1.54, 1.807) is 17.8 Å². The minimum atomic E-state index is -0.955. The Kier molecular flexibility index (Phi) is 5.28. The molecule has 4 nitrogen and oxygen atoms in total. The molecule has 1 aromatic heterocycles. The predicted octanol–water partition coefficient (Wildman–Crippen LogP) is 1.57. The Morgan fingerprint density at radius 2 is 2.31 bits per heavy atom. The van der Waals surface area contributed by atoms with Crippen LogP contribution in [-0.4, -0.2) is 47.4 Å². The Hall–Kier alpha value is -1.07. The molecule has 0 saturated heterocycles. The Labute approximate surface area is 99.7 Å². The maximum absolute atomic E-state index is 10.9. The van der Waals surface area contributed by atoms with Gasteiger partial charge in [-0.3, -0.25) is 0 Å². The van der Waals surface area contributed by atoms with Gasteiger partial charge in [0.15, 0.2) is 5.69 Å². The fraction of sp³-hybridized carbons (Fsp3) is 0.455. The third-order valence-electron chi connectivity index (χ3n) is 2.03. The summed E-state index contributed by atoms with van der Waals surface area (Å²) in [5.74, 6) is 0.730. The van der Waals surface area contributed by atoms with E-state index in [1.165, 1.54) is 6.20 Å². The predicted molar refractivity (Wildman–Crippen MR) is 65.9 cm³/mol. The minimum absolute atomic E-state index is 0.167. The van der Waals surface area contributed by atoms with Crippen LogP contribution in [0, 0.1) is 0 Å². The van der Waals surface area contributed by atoms with E-state index in [-0.39, 0.29) is 5.69 Å². The summed E-state index contributed by atoms with van der Waals surface area (Å²) in [7, 11) is 4.04. The molecule has 0 aliphatic heterocycles. The van der Waals surface area contributed by atoms with Crippen LogP contribution in [-0.2, 0) is 5.75 Å². The first-order valence-corrected chi connectivity index (χ1v) is 6.16. The molecule has 0 radical (unpaired) electrons. The fourth-order valence-electron chi connectivity index (χ4n) is 1.18. The summed E-state index contributed by atoms with van der Waals surface area (Å²) in [5, 5.41) is 8.93. The Morgan fingerprint density at radius 1 is 1.56 bits per heavy atom. The van der Waals surface area contributed by atoms with Crippen LogP contribution in [0.4, 0.5) is 0 Å². The number of carbonyl (C=O) groups is 1. The molecule has 0 amide bonds. The van der Waals surface area contributed by atoms with Gasteiger partial charge in [-0.15, -0.1) is 0 Å². The van der Waals surface area contributed by atoms with Crippen LogP contribution in [0.15, 0.2) is 18.3 Å². The van der Waals surface area contributed by atoms with Crippen LogP contribution >= 0.6 is 11.8 Å². The molecular weight excluding hydrogens is 224 g/mol. The highest BCUT2D eigenvalue weighted by molar-refractivity contribution is 7.98. The third kappa shape index (κ3) is 4.20. The molecule has 0 atom stereocenters. The van der Waals surface area contributed by atoms with E-state index in [0.29, 0.717) is 5.75 Å². The van der Waals surface area contributed by atoms with Crippen molar-refractivity contribution in [2.24, 2.45) is 0 Å². The average Bonchev–Trinajstić information content (AvgIpc) is 2.24. The number of hydrogen-bond donors (Lipinski definition) is 1. The zero-order valence-corrected chi connectivity index (χ0v) is 10.3. The van der Waals surface area contributed by atoms with E-state index >= 15 is 0 Å². The smallest absolute Gasteiger partial charge is 0.354 e. The Balaban J connectivity index is 2.50. The molecule has 0 bridgehead atoms. The lowest BCUT2D eigenvalue weighted by molar-refractivity contribution is 0.0689. The summed E-state index contributed by atoms with van der Waals surface area (Å²) in [4.78, 5) is 16.9. The fourth-order valence-corrected chi connectivity index (χ4v) is 2.27. The zero-order chi connectivity index (χ0) is 12.0. The molecule has 0 aromatic carbocycles. The summed E-state index contributed by atoms with van der Waals surface area (Å²) in [6.07, 6.45) is 1.51. The van der Waals surface area contributed by atoms with E-state index in [2.05, 4.69) is 9.88 Å². The molecule has 1 heterocycles. The number of pyridine rings is 1. The second-order valence-electron chi connectivity index (χ2n) is 3.67. The van der Waals surface area contributed by atoms with Gasteiger partial charge in [0.1, 0.15) is 0 Å². The van der Waals surface area contributed by atoms with Gasteiger partial charge in [0.25, 0.3) is 0 Å². The molecule has 0 unspecified atom stereocenters. The molecule has 1 rings (SSSR count). The molecule has 0 fully saturated rings. The van der Waals surface area contributed by atoms with Gasteiger partial charge in [-0.1, -0.05) is 6.07 Å². The van der Waals surface area contributed by atoms with Gasteiger partial charge in [0.2, 0.25) is 0 Å². The number of hydrogen-bond acceptors (Lipinski definition) is 4. The number of carboxylic acids is 1. The molecule has 5 heteroatoms. The Morgan fingerprint density at radius 3 is 2.94 bits per heavy atom. The molecule has 1 N–H and O–H groups in total. The number of carboxylic acid groups (broad SMARTS) is 1. The summed E-state index contributed by atoms with van der Waals surface area (Å²) >= 11 is 1.72. The third-order valence-corrected chi connectivity index (χ3v) is 3.02. The zero-order valence-electron chi connectivity index (χ0n) is 9.51. The standard InChI is InChI=1S/C11H16N2O2S/c1-13(2)6-7-16-8-9-4-3-5-12-10(9)11(14)15/h3-5H,6-8H2,1-2H3,(H,14,15). The number of rotatable bonds is 6. The number of aromatic nitrogens is 1. The Bertz CT molecular complexity index is 356. The van der Waals surface area contributed by atoms with Crippen LogP contribution < -0.4 is 0 Å². The monoisotopic (exact) mass is 240 g/mol. The highest BCUT2D eigenvalue weighted by Gasteiger charge is 2.10. The molecule has 88 valence electrons. The van der Waals surface area contributed by atoms with Crippen LogP contribution in [0.3, 0.4) is 0 Å². The maximum Gasteiger partial charge on any atom is 0.354 e. The number of aromatic carboxylic acids is 1. The molecule has 0 aliphatic carbocycles. The minimum Gasteiger partial charge on any atom is -0.477 e. The molecule has 1 aromatic rings. The quantitative estimate of drug-likeness (QED) is 0.765. The van der Waals surface area contributed by atoms with Crippen molar-refractivity contribution in [1.29, 1.82) is 0 Å². The largest absolute Gasteiger partial charge is 0.477 e.